The van der Waals surface area contributed by atoms with Gasteiger partial charge in [0.25, 0.3) is 5.91 Å². The lowest BCUT2D eigenvalue weighted by atomic mass is 10.1. The van der Waals surface area contributed by atoms with Gasteiger partial charge in [0.05, 0.1) is 17.6 Å². The van der Waals surface area contributed by atoms with E-state index < -0.39 is 52.4 Å². The van der Waals surface area contributed by atoms with Gasteiger partial charge in [-0.2, -0.15) is 14.0 Å². The molecule has 2 amide bonds. The van der Waals surface area contributed by atoms with Crippen LogP contribution in [0.2, 0.25) is 0 Å². The average Bonchev–Trinajstić information content (AvgIpc) is 2.82. The van der Waals surface area contributed by atoms with E-state index in [9.17, 15) is 26.8 Å². The minimum Gasteiger partial charge on any atom is -0.435 e. The summed E-state index contributed by atoms with van der Waals surface area (Å²) < 4.78 is 55.5. The van der Waals surface area contributed by atoms with Gasteiger partial charge in [0.1, 0.15) is 18.3 Å². The SMILES string of the molecule is N#CCNC(=O)[C@H](CS(=O)(=O)Cc1ccccc1OC(F)F)NC(=O)c1ccc2ccccc2c1. The highest BCUT2D eigenvalue weighted by Gasteiger charge is 2.28. The monoisotopic (exact) mass is 501 g/mol. The van der Waals surface area contributed by atoms with Gasteiger partial charge in [0.2, 0.25) is 5.91 Å². The van der Waals surface area contributed by atoms with Gasteiger partial charge in [-0.3, -0.25) is 9.59 Å². The Morgan fingerprint density at radius 2 is 1.69 bits per heavy atom. The largest absolute Gasteiger partial charge is 0.435 e. The summed E-state index contributed by atoms with van der Waals surface area (Å²) in [5, 5.41) is 15.0. The number of alkyl halides is 2. The molecule has 0 aliphatic heterocycles. The van der Waals surface area contributed by atoms with Crippen LogP contribution in [0.3, 0.4) is 0 Å². The molecule has 0 heterocycles. The third kappa shape index (κ3) is 7.22. The number of hydrogen-bond acceptors (Lipinski definition) is 6. The number of carbonyl (C=O) groups is 2. The van der Waals surface area contributed by atoms with Crippen LogP contribution in [0.1, 0.15) is 15.9 Å². The highest BCUT2D eigenvalue weighted by molar-refractivity contribution is 7.90. The Morgan fingerprint density at radius 1 is 1.00 bits per heavy atom. The van der Waals surface area contributed by atoms with Crippen molar-refractivity contribution in [2.24, 2.45) is 0 Å². The number of ether oxygens (including phenoxy) is 1. The summed E-state index contributed by atoms with van der Waals surface area (Å²) >= 11 is 0. The molecule has 1 atom stereocenters. The zero-order chi connectivity index (χ0) is 25.4. The smallest absolute Gasteiger partial charge is 0.387 e. The average molecular weight is 502 g/mol. The van der Waals surface area contributed by atoms with Crippen LogP contribution in [-0.4, -0.2) is 45.2 Å². The molecule has 0 bridgehead atoms. The number of carbonyl (C=O) groups excluding carboxylic acids is 2. The third-order valence-corrected chi connectivity index (χ3v) is 6.55. The number of nitriles is 1. The van der Waals surface area contributed by atoms with Gasteiger partial charge in [0, 0.05) is 11.1 Å². The molecule has 3 aromatic carbocycles. The molecule has 8 nitrogen and oxygen atoms in total. The number of rotatable bonds is 10. The van der Waals surface area contributed by atoms with Crippen molar-refractivity contribution >= 4 is 32.4 Å². The molecule has 0 aliphatic rings. The Hall–Kier alpha value is -4.04. The minimum atomic E-state index is -4.11. The third-order valence-electron chi connectivity index (χ3n) is 4.96. The molecule has 0 unspecified atom stereocenters. The van der Waals surface area contributed by atoms with E-state index in [-0.39, 0.29) is 16.9 Å². The summed E-state index contributed by atoms with van der Waals surface area (Å²) in [5.74, 6) is -3.40. The molecule has 2 N–H and O–H groups in total. The Morgan fingerprint density at radius 3 is 2.40 bits per heavy atom. The van der Waals surface area contributed by atoms with Crippen LogP contribution in [0, 0.1) is 11.3 Å². The maximum atomic E-state index is 12.9. The van der Waals surface area contributed by atoms with Gasteiger partial charge in [-0.05, 0) is 29.0 Å². The first-order valence-electron chi connectivity index (χ1n) is 10.4. The van der Waals surface area contributed by atoms with Crippen molar-refractivity contribution in [3.8, 4) is 11.8 Å². The normalized spacial score (nSPS) is 12.1. The number of para-hydroxylation sites is 1. The first-order chi connectivity index (χ1) is 16.7. The quantitative estimate of drug-likeness (QED) is 0.412. The number of halogens is 2. The summed E-state index contributed by atoms with van der Waals surface area (Å²) in [4.78, 5) is 25.4. The highest BCUT2D eigenvalue weighted by atomic mass is 32.2. The molecule has 3 rings (SSSR count). The maximum Gasteiger partial charge on any atom is 0.387 e. The summed E-state index contributed by atoms with van der Waals surface area (Å²) in [7, 11) is -4.11. The molecular weight excluding hydrogens is 480 g/mol. The van der Waals surface area contributed by atoms with Gasteiger partial charge in [-0.1, -0.05) is 48.5 Å². The fraction of sp³-hybridized carbons (Fsp3) is 0.208. The van der Waals surface area contributed by atoms with Gasteiger partial charge in [-0.25, -0.2) is 8.42 Å². The minimum absolute atomic E-state index is 0.0233. The second kappa shape index (κ2) is 11.4. The number of nitrogens with zero attached hydrogens (tertiary/aromatic N) is 1. The Labute approximate surface area is 200 Å². The lowest BCUT2D eigenvalue weighted by Gasteiger charge is -2.19. The van der Waals surface area contributed by atoms with Gasteiger partial charge < -0.3 is 15.4 Å². The number of benzene rings is 3. The van der Waals surface area contributed by atoms with Crippen LogP contribution in [0.15, 0.2) is 66.7 Å². The highest BCUT2D eigenvalue weighted by Crippen LogP contribution is 2.23. The molecule has 0 spiro atoms. The number of hydrogen-bond donors (Lipinski definition) is 2. The van der Waals surface area contributed by atoms with Crippen molar-refractivity contribution < 1.29 is 31.5 Å². The molecule has 0 saturated heterocycles. The van der Waals surface area contributed by atoms with Crippen molar-refractivity contribution in [1.29, 1.82) is 5.26 Å². The van der Waals surface area contributed by atoms with E-state index in [1.54, 1.807) is 30.3 Å². The predicted octanol–water partition coefficient (Wildman–Crippen LogP) is 2.79. The van der Waals surface area contributed by atoms with E-state index in [1.165, 1.54) is 30.3 Å². The van der Waals surface area contributed by atoms with Crippen LogP contribution in [0.5, 0.6) is 5.75 Å². The Balaban J connectivity index is 1.82. The topological polar surface area (TPSA) is 125 Å². The summed E-state index contributed by atoms with van der Waals surface area (Å²) in [6.07, 6.45) is 0. The number of sulfone groups is 1. The standard InChI is InChI=1S/C24H21F2N3O5S/c25-24(26)34-21-8-4-3-7-19(21)14-35(32,33)15-20(23(31)28-12-11-27)29-22(30)18-10-9-16-5-1-2-6-17(16)13-18/h1-10,13,20,24H,12,14-15H2,(H,28,31)(H,29,30)/t20-/m0/s1. The fourth-order valence-electron chi connectivity index (χ4n) is 3.39. The fourth-order valence-corrected chi connectivity index (χ4v) is 4.96. The second-order valence-electron chi connectivity index (χ2n) is 7.50. The molecule has 0 radical (unpaired) electrons. The lowest BCUT2D eigenvalue weighted by Crippen LogP contribution is -2.50. The van der Waals surface area contributed by atoms with Crippen LogP contribution in [-0.2, 0) is 20.4 Å². The molecule has 0 fully saturated rings. The molecule has 11 heteroatoms. The van der Waals surface area contributed by atoms with Crippen molar-refractivity contribution in [2.45, 2.75) is 18.4 Å². The zero-order valence-electron chi connectivity index (χ0n) is 18.3. The Kier molecular flexibility index (Phi) is 8.33. The lowest BCUT2D eigenvalue weighted by molar-refractivity contribution is -0.122. The van der Waals surface area contributed by atoms with Crippen LogP contribution in [0.25, 0.3) is 10.8 Å². The van der Waals surface area contributed by atoms with Crippen LogP contribution < -0.4 is 15.4 Å². The van der Waals surface area contributed by atoms with Gasteiger partial charge in [-0.15, -0.1) is 0 Å². The molecule has 0 saturated carbocycles. The van der Waals surface area contributed by atoms with Crippen molar-refractivity contribution in [3.63, 3.8) is 0 Å². The second-order valence-corrected chi connectivity index (χ2v) is 9.61. The van der Waals surface area contributed by atoms with E-state index in [1.807, 2.05) is 12.1 Å². The molecule has 182 valence electrons. The molecular formula is C24H21F2N3O5S. The first-order valence-corrected chi connectivity index (χ1v) is 12.2. The van der Waals surface area contributed by atoms with Crippen LogP contribution in [0.4, 0.5) is 8.78 Å². The molecule has 3 aromatic rings. The number of amides is 2. The van der Waals surface area contributed by atoms with E-state index in [4.69, 9.17) is 5.26 Å². The van der Waals surface area contributed by atoms with E-state index >= 15 is 0 Å². The summed E-state index contributed by atoms with van der Waals surface area (Å²) in [5.41, 5.74) is 0.180. The van der Waals surface area contributed by atoms with Crippen molar-refractivity contribution in [1.82, 2.24) is 10.6 Å². The van der Waals surface area contributed by atoms with Gasteiger partial charge in [0.15, 0.2) is 9.84 Å². The van der Waals surface area contributed by atoms with E-state index in [0.717, 1.165) is 10.8 Å². The maximum absolute atomic E-state index is 12.9. The predicted molar refractivity (Wildman–Crippen MR) is 124 cm³/mol. The van der Waals surface area contributed by atoms with Crippen molar-refractivity contribution in [3.05, 3.63) is 77.9 Å². The first kappa shape index (κ1) is 25.6. The van der Waals surface area contributed by atoms with E-state index in [0.29, 0.717) is 0 Å². The molecule has 0 aromatic heterocycles. The van der Waals surface area contributed by atoms with E-state index in [2.05, 4.69) is 15.4 Å². The summed E-state index contributed by atoms with van der Waals surface area (Å²) in [6.45, 7) is -3.55. The van der Waals surface area contributed by atoms with Gasteiger partial charge >= 0.3 is 6.61 Å². The zero-order valence-corrected chi connectivity index (χ0v) is 19.1. The summed E-state index contributed by atoms with van der Waals surface area (Å²) in [6, 6.07) is 17.7. The van der Waals surface area contributed by atoms with Crippen molar-refractivity contribution in [2.75, 3.05) is 12.3 Å². The Bertz CT molecular complexity index is 1370. The number of nitrogens with one attached hydrogen (secondary N) is 2. The molecule has 35 heavy (non-hydrogen) atoms. The van der Waals surface area contributed by atoms with Crippen LogP contribution >= 0.6 is 0 Å². The molecule has 0 aliphatic carbocycles. The number of fused-ring (bicyclic) bond motifs is 1.